The van der Waals surface area contributed by atoms with Crippen LogP contribution in [-0.4, -0.2) is 50.0 Å². The Balaban J connectivity index is 1.76. The van der Waals surface area contributed by atoms with E-state index >= 15 is 0 Å². The number of anilines is 1. The van der Waals surface area contributed by atoms with Crippen LogP contribution < -0.4 is 4.90 Å². The third-order valence-electron chi connectivity index (χ3n) is 4.79. The van der Waals surface area contributed by atoms with Gasteiger partial charge in [0, 0.05) is 33.1 Å². The number of sulfonamides is 1. The normalized spacial score (nSPS) is 17.1. The van der Waals surface area contributed by atoms with Crippen molar-refractivity contribution in [2.24, 2.45) is 0 Å². The molecule has 0 atom stereocenters. The molecule has 0 aliphatic carbocycles. The summed E-state index contributed by atoms with van der Waals surface area (Å²) in [5.74, 6) is 0.788. The molecule has 0 N–H and O–H groups in total. The summed E-state index contributed by atoms with van der Waals surface area (Å²) in [4.78, 5) is 5.63. The maximum Gasteiger partial charge on any atom is 0.416 e. The lowest BCUT2D eigenvalue weighted by molar-refractivity contribution is -0.138. The van der Waals surface area contributed by atoms with Crippen LogP contribution >= 0.6 is 0 Å². The van der Waals surface area contributed by atoms with E-state index in [0.29, 0.717) is 30.7 Å². The number of hydrogen-bond acceptors (Lipinski definition) is 6. The number of aryl methyl sites for hydroxylation is 1. The zero-order valence-corrected chi connectivity index (χ0v) is 16.5. The van der Waals surface area contributed by atoms with Gasteiger partial charge in [-0.1, -0.05) is 6.07 Å². The van der Waals surface area contributed by atoms with E-state index < -0.39 is 21.8 Å². The molecule has 0 radical (unpaired) electrons. The van der Waals surface area contributed by atoms with Crippen LogP contribution in [-0.2, 0) is 16.2 Å². The lowest BCUT2D eigenvalue weighted by Crippen LogP contribution is -2.38. The van der Waals surface area contributed by atoms with E-state index in [9.17, 15) is 21.6 Å². The first-order valence-electron chi connectivity index (χ1n) is 8.69. The number of benzene rings is 1. The lowest BCUT2D eigenvalue weighted by Gasteiger charge is -2.29. The van der Waals surface area contributed by atoms with E-state index in [0.717, 1.165) is 0 Å². The second-order valence-electron chi connectivity index (χ2n) is 6.98. The highest BCUT2D eigenvalue weighted by atomic mass is 32.2. The van der Waals surface area contributed by atoms with Crippen molar-refractivity contribution >= 4 is 16.0 Å². The second kappa shape index (κ2) is 7.36. The summed E-state index contributed by atoms with van der Waals surface area (Å²) >= 11 is 0. The Morgan fingerprint density at radius 3 is 2.39 bits per heavy atom. The number of aromatic nitrogens is 2. The monoisotopic (exact) mass is 418 g/mol. The van der Waals surface area contributed by atoms with Crippen LogP contribution in [0.25, 0.3) is 0 Å². The van der Waals surface area contributed by atoms with Crippen molar-refractivity contribution < 1.29 is 26.1 Å². The van der Waals surface area contributed by atoms with Crippen LogP contribution in [0.4, 0.5) is 19.1 Å². The average molecular weight is 418 g/mol. The van der Waals surface area contributed by atoms with E-state index in [2.05, 4.69) is 10.1 Å². The fourth-order valence-corrected chi connectivity index (χ4v) is 4.63. The predicted octanol–water partition coefficient (Wildman–Crippen LogP) is 3.03. The van der Waals surface area contributed by atoms with Gasteiger partial charge in [0.15, 0.2) is 0 Å². The van der Waals surface area contributed by atoms with Gasteiger partial charge in [-0.3, -0.25) is 0 Å². The molecule has 3 rings (SSSR count). The van der Waals surface area contributed by atoms with Crippen molar-refractivity contribution in [2.45, 2.75) is 36.8 Å². The molecule has 1 fully saturated rings. The molecule has 0 amide bonds. The van der Waals surface area contributed by atoms with E-state index in [1.165, 1.54) is 23.4 Å². The first-order valence-corrected chi connectivity index (χ1v) is 10.1. The molecule has 154 valence electrons. The van der Waals surface area contributed by atoms with Crippen molar-refractivity contribution in [3.8, 4) is 0 Å². The van der Waals surface area contributed by atoms with Gasteiger partial charge in [-0.25, -0.2) is 8.42 Å². The largest absolute Gasteiger partial charge is 0.416 e. The van der Waals surface area contributed by atoms with E-state index in [1.807, 2.05) is 0 Å². The Hall–Kier alpha value is -2.14. The number of rotatable bonds is 4. The van der Waals surface area contributed by atoms with Crippen LogP contribution in [0.5, 0.6) is 0 Å². The van der Waals surface area contributed by atoms with Crippen LogP contribution in [0.3, 0.4) is 0 Å². The summed E-state index contributed by atoms with van der Waals surface area (Å²) in [5.41, 5.74) is -0.955. The maximum atomic E-state index is 13.1. The molecule has 0 unspecified atom stereocenters. The van der Waals surface area contributed by atoms with Gasteiger partial charge in [0.25, 0.3) is 5.95 Å². The minimum absolute atomic E-state index is 0.0155. The van der Waals surface area contributed by atoms with Crippen molar-refractivity contribution in [2.75, 3.05) is 32.1 Å². The van der Waals surface area contributed by atoms with Gasteiger partial charge in [0.05, 0.1) is 10.5 Å². The second-order valence-corrected chi connectivity index (χ2v) is 8.92. The maximum absolute atomic E-state index is 13.1. The highest BCUT2D eigenvalue weighted by Crippen LogP contribution is 2.35. The van der Waals surface area contributed by atoms with Crippen LogP contribution in [0.1, 0.15) is 35.8 Å². The zero-order valence-electron chi connectivity index (χ0n) is 15.7. The zero-order chi connectivity index (χ0) is 20.7. The number of piperidine rings is 1. The Morgan fingerprint density at radius 1 is 1.21 bits per heavy atom. The molecule has 28 heavy (non-hydrogen) atoms. The van der Waals surface area contributed by atoms with Gasteiger partial charge in [-0.05, 0) is 42.6 Å². The molecule has 11 heteroatoms. The van der Waals surface area contributed by atoms with Gasteiger partial charge in [0.2, 0.25) is 15.9 Å². The minimum atomic E-state index is -4.61. The molecule has 7 nitrogen and oxygen atoms in total. The highest BCUT2D eigenvalue weighted by molar-refractivity contribution is 7.89. The van der Waals surface area contributed by atoms with E-state index in [-0.39, 0.29) is 29.5 Å². The van der Waals surface area contributed by atoms with Gasteiger partial charge >= 0.3 is 6.18 Å². The quantitative estimate of drug-likeness (QED) is 0.760. The third kappa shape index (κ3) is 4.00. The smallest absolute Gasteiger partial charge is 0.344 e. The number of alkyl halides is 3. The first kappa shape index (κ1) is 20.6. The Bertz CT molecular complexity index is 949. The molecule has 1 aliphatic rings. The molecule has 1 aromatic heterocycles. The average Bonchev–Trinajstić information content (AvgIpc) is 3.11. The molecule has 0 bridgehead atoms. The van der Waals surface area contributed by atoms with Crippen molar-refractivity contribution in [3.05, 3.63) is 35.2 Å². The molecular formula is C17H21F3N4O3S. The lowest BCUT2D eigenvalue weighted by atomic mass is 9.98. The fraction of sp³-hybridized carbons (Fsp3) is 0.529. The number of halogens is 3. The van der Waals surface area contributed by atoms with Gasteiger partial charge in [0.1, 0.15) is 0 Å². The van der Waals surface area contributed by atoms with Gasteiger partial charge in [-0.15, -0.1) is 0 Å². The molecule has 0 saturated carbocycles. The molecule has 2 heterocycles. The summed E-state index contributed by atoms with van der Waals surface area (Å²) in [6.07, 6.45) is -3.71. The number of nitrogens with zero attached hydrogens (tertiary/aromatic N) is 4. The molecule has 2 aromatic rings. The Labute approximate surface area is 161 Å². The van der Waals surface area contributed by atoms with E-state index in [1.54, 1.807) is 19.0 Å². The Morgan fingerprint density at radius 2 is 1.86 bits per heavy atom. The first-order chi connectivity index (χ1) is 13.0. The van der Waals surface area contributed by atoms with E-state index in [4.69, 9.17) is 4.52 Å². The summed E-state index contributed by atoms with van der Waals surface area (Å²) < 4.78 is 71.4. The molecule has 1 saturated heterocycles. The van der Waals surface area contributed by atoms with Crippen molar-refractivity contribution in [1.82, 2.24) is 14.4 Å². The highest BCUT2D eigenvalue weighted by Gasteiger charge is 2.36. The molecule has 0 spiro atoms. The van der Waals surface area contributed by atoms with Crippen LogP contribution in [0.2, 0.25) is 0 Å². The molecule has 1 aromatic carbocycles. The third-order valence-corrected chi connectivity index (χ3v) is 6.68. The predicted molar refractivity (Wildman–Crippen MR) is 95.5 cm³/mol. The van der Waals surface area contributed by atoms with Gasteiger partial charge in [-0.2, -0.15) is 22.5 Å². The summed E-state index contributed by atoms with van der Waals surface area (Å²) in [7, 11) is -0.460. The number of hydrogen-bond donors (Lipinski definition) is 0. The summed E-state index contributed by atoms with van der Waals surface area (Å²) in [5, 5.41) is 3.85. The SMILES string of the molecule is Cc1ccc(S(=O)(=O)N2CCC(c3nc(N(C)C)no3)CC2)cc1C(F)(F)F. The van der Waals surface area contributed by atoms with Crippen molar-refractivity contribution in [1.29, 1.82) is 0 Å². The standard InChI is InChI=1S/C17H21F3N4O3S/c1-11-4-5-13(10-14(11)17(18,19)20)28(25,26)24-8-6-12(7-9-24)15-21-16(22-27-15)23(2)3/h4-5,10,12H,6-9H2,1-3H3. The summed E-state index contributed by atoms with van der Waals surface area (Å²) in [6.45, 7) is 1.64. The van der Waals surface area contributed by atoms with Crippen LogP contribution in [0.15, 0.2) is 27.6 Å². The molecule has 1 aliphatic heterocycles. The Kier molecular flexibility index (Phi) is 5.41. The van der Waals surface area contributed by atoms with Crippen molar-refractivity contribution in [3.63, 3.8) is 0 Å². The molecular weight excluding hydrogens is 397 g/mol. The topological polar surface area (TPSA) is 79.5 Å². The fourth-order valence-electron chi connectivity index (χ4n) is 3.13. The van der Waals surface area contributed by atoms with Gasteiger partial charge < -0.3 is 9.42 Å². The summed E-state index contributed by atoms with van der Waals surface area (Å²) in [6, 6.07) is 3.11. The minimum Gasteiger partial charge on any atom is -0.344 e. The van der Waals surface area contributed by atoms with Crippen LogP contribution in [0, 0.1) is 6.92 Å².